The second-order valence-corrected chi connectivity index (χ2v) is 6.59. The summed E-state index contributed by atoms with van der Waals surface area (Å²) in [5, 5.41) is 3.26. The molecular weight excluding hydrogens is 330 g/mol. The van der Waals surface area contributed by atoms with Gasteiger partial charge in [-0.3, -0.25) is 4.79 Å². The summed E-state index contributed by atoms with van der Waals surface area (Å²) in [6.07, 6.45) is 7.35. The van der Waals surface area contributed by atoms with Crippen LogP contribution in [0.5, 0.6) is 0 Å². The van der Waals surface area contributed by atoms with Crippen molar-refractivity contribution in [3.05, 3.63) is 22.3 Å². The number of hydrogen-bond acceptors (Lipinski definition) is 3. The minimum atomic E-state index is 0.0943. The summed E-state index contributed by atoms with van der Waals surface area (Å²) in [5.41, 5.74) is 0.673. The fourth-order valence-electron chi connectivity index (χ4n) is 2.72. The third-order valence-corrected chi connectivity index (χ3v) is 4.37. The second-order valence-electron chi connectivity index (χ2n) is 5.67. The van der Waals surface area contributed by atoms with Gasteiger partial charge in [0.1, 0.15) is 5.82 Å². The summed E-state index contributed by atoms with van der Waals surface area (Å²) in [6.45, 7) is 5.92. The van der Waals surface area contributed by atoms with Crippen LogP contribution in [0.2, 0.25) is 0 Å². The van der Waals surface area contributed by atoms with Crippen molar-refractivity contribution in [2.45, 2.75) is 52.0 Å². The Morgan fingerprint density at radius 2 is 2.29 bits per heavy atom. The molecule has 0 saturated carbocycles. The molecule has 4 nitrogen and oxygen atoms in total. The van der Waals surface area contributed by atoms with E-state index in [1.165, 1.54) is 12.8 Å². The van der Waals surface area contributed by atoms with Crippen molar-refractivity contribution in [1.82, 2.24) is 9.88 Å². The van der Waals surface area contributed by atoms with E-state index >= 15 is 0 Å². The minimum absolute atomic E-state index is 0.0943. The first-order valence-corrected chi connectivity index (χ1v) is 8.63. The maximum atomic E-state index is 12.9. The van der Waals surface area contributed by atoms with E-state index in [0.717, 1.165) is 36.8 Å². The first-order valence-electron chi connectivity index (χ1n) is 7.84. The monoisotopic (exact) mass is 353 g/mol. The first kappa shape index (κ1) is 16.3. The maximum absolute atomic E-state index is 12.9. The average Bonchev–Trinajstić information content (AvgIpc) is 2.70. The number of halogens is 1. The van der Waals surface area contributed by atoms with Crippen molar-refractivity contribution in [3.63, 3.8) is 0 Å². The van der Waals surface area contributed by atoms with Crippen LogP contribution in [0.4, 0.5) is 5.82 Å². The lowest BCUT2D eigenvalue weighted by Gasteiger charge is -2.28. The molecule has 1 aliphatic rings. The number of carbonyl (C=O) groups is 1. The molecule has 1 amide bonds. The number of hydrogen-bond donors (Lipinski definition) is 1. The molecule has 1 aromatic heterocycles. The van der Waals surface area contributed by atoms with E-state index in [0.29, 0.717) is 17.4 Å². The van der Waals surface area contributed by atoms with Crippen LogP contribution in [0, 0.1) is 0 Å². The van der Waals surface area contributed by atoms with Gasteiger partial charge in [-0.2, -0.15) is 0 Å². The summed E-state index contributed by atoms with van der Waals surface area (Å²) in [5.74, 6) is 0.790. The molecule has 0 bridgehead atoms. The lowest BCUT2D eigenvalue weighted by molar-refractivity contribution is 0.0698. The van der Waals surface area contributed by atoms with Crippen molar-refractivity contribution in [2.75, 3.05) is 18.4 Å². The molecule has 2 heterocycles. The number of carbonyl (C=O) groups excluding carboxylic acids is 1. The van der Waals surface area contributed by atoms with Gasteiger partial charge >= 0.3 is 0 Å². The Morgan fingerprint density at radius 3 is 3.05 bits per heavy atom. The Hall–Kier alpha value is -1.10. The summed E-state index contributed by atoms with van der Waals surface area (Å²) < 4.78 is 0.843. The Morgan fingerprint density at radius 1 is 1.48 bits per heavy atom. The molecule has 0 radical (unpaired) electrons. The van der Waals surface area contributed by atoms with Crippen molar-refractivity contribution in [2.24, 2.45) is 0 Å². The van der Waals surface area contributed by atoms with E-state index in [9.17, 15) is 4.79 Å². The van der Waals surface area contributed by atoms with E-state index in [1.807, 2.05) is 11.0 Å². The highest BCUT2D eigenvalue weighted by Gasteiger charge is 2.25. The van der Waals surface area contributed by atoms with Crippen LogP contribution in [-0.2, 0) is 0 Å². The van der Waals surface area contributed by atoms with Gasteiger partial charge in [-0.1, -0.05) is 19.8 Å². The molecule has 5 heteroatoms. The minimum Gasteiger partial charge on any atom is -0.369 e. The topological polar surface area (TPSA) is 45.2 Å². The van der Waals surface area contributed by atoms with Gasteiger partial charge in [-0.15, -0.1) is 0 Å². The number of anilines is 1. The number of rotatable bonds is 4. The lowest BCUT2D eigenvalue weighted by atomic mass is 10.1. The molecule has 1 N–H and O–H groups in total. The molecular formula is C16H24BrN3O. The Balaban J connectivity index is 2.25. The van der Waals surface area contributed by atoms with E-state index in [4.69, 9.17) is 0 Å². The molecule has 0 aromatic carbocycles. The fraction of sp³-hybridized carbons (Fsp3) is 0.625. The van der Waals surface area contributed by atoms with Crippen LogP contribution in [0.1, 0.15) is 56.3 Å². The number of pyridine rings is 1. The summed E-state index contributed by atoms with van der Waals surface area (Å²) in [7, 11) is 0. The van der Waals surface area contributed by atoms with E-state index in [2.05, 4.69) is 40.1 Å². The summed E-state index contributed by atoms with van der Waals surface area (Å²) in [6, 6.07) is 2.18. The van der Waals surface area contributed by atoms with Crippen LogP contribution in [-0.4, -0.2) is 34.9 Å². The molecule has 1 saturated heterocycles. The smallest absolute Gasteiger partial charge is 0.257 e. The van der Waals surface area contributed by atoms with Gasteiger partial charge in [-0.25, -0.2) is 4.98 Å². The van der Waals surface area contributed by atoms with E-state index < -0.39 is 0 Å². The molecule has 116 valence electrons. The zero-order valence-electron chi connectivity index (χ0n) is 12.9. The number of aromatic nitrogens is 1. The highest BCUT2D eigenvalue weighted by molar-refractivity contribution is 9.10. The van der Waals surface area contributed by atoms with Gasteiger partial charge in [0.2, 0.25) is 0 Å². The molecule has 1 aliphatic heterocycles. The molecule has 1 unspecified atom stereocenters. The van der Waals surface area contributed by atoms with Crippen molar-refractivity contribution >= 4 is 27.7 Å². The third kappa shape index (κ3) is 4.19. The highest BCUT2D eigenvalue weighted by Crippen LogP contribution is 2.24. The largest absolute Gasteiger partial charge is 0.369 e. The van der Waals surface area contributed by atoms with Crippen LogP contribution < -0.4 is 5.32 Å². The normalized spacial score (nSPS) is 19.2. The van der Waals surface area contributed by atoms with E-state index in [1.54, 1.807) is 6.20 Å². The maximum Gasteiger partial charge on any atom is 0.257 e. The van der Waals surface area contributed by atoms with Gasteiger partial charge in [0.25, 0.3) is 5.91 Å². The predicted molar refractivity (Wildman–Crippen MR) is 89.7 cm³/mol. The quantitative estimate of drug-likeness (QED) is 0.887. The summed E-state index contributed by atoms with van der Waals surface area (Å²) >= 11 is 3.43. The predicted octanol–water partition coefficient (Wildman–Crippen LogP) is 4.07. The van der Waals surface area contributed by atoms with Crippen molar-refractivity contribution < 1.29 is 4.79 Å². The van der Waals surface area contributed by atoms with Crippen LogP contribution >= 0.6 is 15.9 Å². The molecule has 1 aromatic rings. The van der Waals surface area contributed by atoms with Gasteiger partial charge in [0.15, 0.2) is 0 Å². The molecule has 0 aliphatic carbocycles. The summed E-state index contributed by atoms with van der Waals surface area (Å²) in [4.78, 5) is 19.3. The fourth-order valence-corrected chi connectivity index (χ4v) is 3.05. The van der Waals surface area contributed by atoms with Crippen LogP contribution in [0.15, 0.2) is 16.7 Å². The number of nitrogens with zero attached hydrogens (tertiary/aromatic N) is 2. The van der Waals surface area contributed by atoms with Gasteiger partial charge in [0, 0.05) is 29.8 Å². The van der Waals surface area contributed by atoms with Crippen LogP contribution in [0.3, 0.4) is 0 Å². The molecule has 0 spiro atoms. The highest BCUT2D eigenvalue weighted by atomic mass is 79.9. The zero-order chi connectivity index (χ0) is 15.2. The average molecular weight is 354 g/mol. The zero-order valence-corrected chi connectivity index (χ0v) is 14.4. The standard InChI is InChI=1S/C16H24BrN3O/c1-3-8-18-15-14(10-13(17)11-19-15)16(21)20-9-6-4-5-7-12(20)2/h10-12H,3-9H2,1-2H3,(H,18,19). The molecule has 1 atom stereocenters. The van der Waals surface area contributed by atoms with Crippen molar-refractivity contribution in [3.8, 4) is 0 Å². The van der Waals surface area contributed by atoms with Gasteiger partial charge in [-0.05, 0) is 48.2 Å². The first-order chi connectivity index (χ1) is 10.1. The number of amides is 1. The SMILES string of the molecule is CCCNc1ncc(Br)cc1C(=O)N1CCCCCC1C. The Bertz CT molecular complexity index is 492. The van der Waals surface area contributed by atoms with Crippen LogP contribution in [0.25, 0.3) is 0 Å². The lowest BCUT2D eigenvalue weighted by Crippen LogP contribution is -2.38. The Kier molecular flexibility index (Phi) is 6.03. The van der Waals surface area contributed by atoms with Crippen molar-refractivity contribution in [1.29, 1.82) is 0 Å². The Labute approximate surface area is 135 Å². The molecule has 21 heavy (non-hydrogen) atoms. The molecule has 1 fully saturated rings. The van der Waals surface area contributed by atoms with Gasteiger partial charge < -0.3 is 10.2 Å². The van der Waals surface area contributed by atoms with Gasteiger partial charge in [0.05, 0.1) is 5.56 Å². The van der Waals surface area contributed by atoms with E-state index in [-0.39, 0.29) is 5.91 Å². The number of nitrogens with one attached hydrogen (secondary N) is 1. The molecule has 2 rings (SSSR count). The second kappa shape index (κ2) is 7.78. The number of likely N-dealkylation sites (tertiary alicyclic amines) is 1. The third-order valence-electron chi connectivity index (χ3n) is 3.94.